The third-order valence-corrected chi connectivity index (χ3v) is 1.88. The number of aliphatic hydroxyl groups is 1. The molecule has 1 heterocycles. The molecular formula is C8H20N2O. The van der Waals surface area contributed by atoms with Crippen molar-refractivity contribution in [2.75, 3.05) is 13.1 Å². The van der Waals surface area contributed by atoms with Crippen molar-refractivity contribution >= 4 is 0 Å². The Kier molecular flexibility index (Phi) is 4.65. The van der Waals surface area contributed by atoms with Crippen molar-refractivity contribution in [3.05, 3.63) is 0 Å². The molecule has 3 nitrogen and oxygen atoms in total. The Hall–Kier alpha value is -0.120. The summed E-state index contributed by atoms with van der Waals surface area (Å²) >= 11 is 0. The summed E-state index contributed by atoms with van der Waals surface area (Å²) in [6, 6.07) is 0. The van der Waals surface area contributed by atoms with E-state index in [1.165, 1.54) is 0 Å². The highest BCUT2D eigenvalue weighted by atomic mass is 16.3. The van der Waals surface area contributed by atoms with E-state index in [9.17, 15) is 5.11 Å². The lowest BCUT2D eigenvalue weighted by Gasteiger charge is -2.32. The number of hydrazine groups is 1. The van der Waals surface area contributed by atoms with Crippen LogP contribution >= 0.6 is 0 Å². The van der Waals surface area contributed by atoms with Crippen LogP contribution < -0.4 is 5.84 Å². The normalized spacial score (nSPS) is 23.7. The maximum absolute atomic E-state index is 9.41. The lowest BCUT2D eigenvalue weighted by atomic mass is 9.95. The SMILES string of the molecule is CC.CC1(O)CCN(N)CC1. The summed E-state index contributed by atoms with van der Waals surface area (Å²) in [5, 5.41) is 11.2. The third-order valence-electron chi connectivity index (χ3n) is 1.88. The topological polar surface area (TPSA) is 49.5 Å². The van der Waals surface area contributed by atoms with Gasteiger partial charge < -0.3 is 5.11 Å². The van der Waals surface area contributed by atoms with E-state index in [4.69, 9.17) is 5.84 Å². The summed E-state index contributed by atoms with van der Waals surface area (Å²) < 4.78 is 0. The van der Waals surface area contributed by atoms with Gasteiger partial charge in [-0.3, -0.25) is 5.84 Å². The fraction of sp³-hybridized carbons (Fsp3) is 1.00. The molecule has 1 aliphatic rings. The van der Waals surface area contributed by atoms with E-state index in [2.05, 4.69) is 0 Å². The highest BCUT2D eigenvalue weighted by Gasteiger charge is 2.25. The molecule has 0 saturated carbocycles. The summed E-state index contributed by atoms with van der Waals surface area (Å²) in [7, 11) is 0. The summed E-state index contributed by atoms with van der Waals surface area (Å²) in [6.07, 6.45) is 1.59. The van der Waals surface area contributed by atoms with Crippen molar-refractivity contribution in [3.63, 3.8) is 0 Å². The molecule has 1 aliphatic heterocycles. The molecule has 68 valence electrons. The van der Waals surface area contributed by atoms with E-state index in [0.29, 0.717) is 0 Å². The molecule has 0 radical (unpaired) electrons. The van der Waals surface area contributed by atoms with Gasteiger partial charge in [-0.25, -0.2) is 5.01 Å². The smallest absolute Gasteiger partial charge is 0.0645 e. The Balaban J connectivity index is 0.000000461. The predicted molar refractivity (Wildman–Crippen MR) is 47.0 cm³/mol. The zero-order chi connectivity index (χ0) is 8.91. The number of nitrogens with zero attached hydrogens (tertiary/aromatic N) is 1. The largest absolute Gasteiger partial charge is 0.390 e. The molecular weight excluding hydrogens is 140 g/mol. The van der Waals surface area contributed by atoms with E-state index in [-0.39, 0.29) is 0 Å². The first-order valence-electron chi connectivity index (χ1n) is 4.32. The zero-order valence-electron chi connectivity index (χ0n) is 7.80. The van der Waals surface area contributed by atoms with Crippen LogP contribution in [0.15, 0.2) is 0 Å². The Bertz CT molecular complexity index is 94.3. The number of rotatable bonds is 0. The Labute approximate surface area is 69.2 Å². The first kappa shape index (κ1) is 10.9. The van der Waals surface area contributed by atoms with Crippen LogP contribution in [-0.4, -0.2) is 28.8 Å². The van der Waals surface area contributed by atoms with Gasteiger partial charge in [0.15, 0.2) is 0 Å². The van der Waals surface area contributed by atoms with Crippen molar-refractivity contribution in [2.24, 2.45) is 5.84 Å². The maximum atomic E-state index is 9.41. The predicted octanol–water partition coefficient (Wildman–Crippen LogP) is 0.733. The molecule has 0 aromatic rings. The van der Waals surface area contributed by atoms with Crippen molar-refractivity contribution in [2.45, 2.75) is 39.2 Å². The summed E-state index contributed by atoms with van der Waals surface area (Å²) in [5.74, 6) is 5.48. The number of hydrogen-bond acceptors (Lipinski definition) is 3. The van der Waals surface area contributed by atoms with Gasteiger partial charge in [0.1, 0.15) is 0 Å². The first-order chi connectivity index (χ1) is 5.10. The molecule has 0 aliphatic carbocycles. The Morgan fingerprint density at radius 2 is 1.64 bits per heavy atom. The molecule has 3 N–H and O–H groups in total. The van der Waals surface area contributed by atoms with Gasteiger partial charge in [0.25, 0.3) is 0 Å². The molecule has 11 heavy (non-hydrogen) atoms. The molecule has 3 heteroatoms. The highest BCUT2D eigenvalue weighted by Crippen LogP contribution is 2.18. The lowest BCUT2D eigenvalue weighted by molar-refractivity contribution is -0.00550. The van der Waals surface area contributed by atoms with Crippen molar-refractivity contribution in [1.82, 2.24) is 5.01 Å². The van der Waals surface area contributed by atoms with Gasteiger partial charge in [0, 0.05) is 13.1 Å². The van der Waals surface area contributed by atoms with Crippen LogP contribution in [0.4, 0.5) is 0 Å². The van der Waals surface area contributed by atoms with Crippen LogP contribution in [0, 0.1) is 0 Å². The molecule has 0 atom stereocenters. The molecule has 1 rings (SSSR count). The zero-order valence-corrected chi connectivity index (χ0v) is 7.80. The minimum Gasteiger partial charge on any atom is -0.390 e. The van der Waals surface area contributed by atoms with E-state index in [1.54, 1.807) is 5.01 Å². The molecule has 1 fully saturated rings. The van der Waals surface area contributed by atoms with E-state index < -0.39 is 5.60 Å². The second-order valence-corrected chi connectivity index (χ2v) is 3.03. The molecule has 0 unspecified atom stereocenters. The second kappa shape index (κ2) is 4.70. The summed E-state index contributed by atoms with van der Waals surface area (Å²) in [6.45, 7) is 7.49. The standard InChI is InChI=1S/C6H14N2O.C2H6/c1-6(9)2-4-8(7)5-3-6;1-2/h9H,2-5,7H2,1H3;1-2H3. The Morgan fingerprint density at radius 3 is 1.91 bits per heavy atom. The second-order valence-electron chi connectivity index (χ2n) is 3.03. The van der Waals surface area contributed by atoms with E-state index in [0.717, 1.165) is 25.9 Å². The van der Waals surface area contributed by atoms with E-state index >= 15 is 0 Å². The lowest BCUT2D eigenvalue weighted by Crippen LogP contribution is -2.45. The first-order valence-corrected chi connectivity index (χ1v) is 4.32. The van der Waals surface area contributed by atoms with Gasteiger partial charge in [-0.2, -0.15) is 0 Å². The average Bonchev–Trinajstić information content (AvgIpc) is 2.00. The molecule has 1 saturated heterocycles. The quantitative estimate of drug-likeness (QED) is 0.514. The van der Waals surface area contributed by atoms with Crippen LogP contribution in [-0.2, 0) is 0 Å². The Morgan fingerprint density at radius 1 is 1.27 bits per heavy atom. The summed E-state index contributed by atoms with van der Waals surface area (Å²) in [5.41, 5.74) is -0.462. The van der Waals surface area contributed by atoms with Crippen molar-refractivity contribution in [1.29, 1.82) is 0 Å². The highest BCUT2D eigenvalue weighted by molar-refractivity contribution is 4.79. The summed E-state index contributed by atoms with van der Waals surface area (Å²) in [4.78, 5) is 0. The third kappa shape index (κ3) is 4.35. The maximum Gasteiger partial charge on any atom is 0.0645 e. The van der Waals surface area contributed by atoms with Crippen molar-refractivity contribution < 1.29 is 5.11 Å². The van der Waals surface area contributed by atoms with Crippen LogP contribution in [0.5, 0.6) is 0 Å². The number of piperidine rings is 1. The van der Waals surface area contributed by atoms with Gasteiger partial charge in [0.05, 0.1) is 5.60 Å². The van der Waals surface area contributed by atoms with Crippen LogP contribution in [0.25, 0.3) is 0 Å². The minimum atomic E-state index is -0.462. The number of nitrogens with two attached hydrogens (primary N) is 1. The van der Waals surface area contributed by atoms with Crippen LogP contribution in [0.1, 0.15) is 33.6 Å². The fourth-order valence-corrected chi connectivity index (χ4v) is 1.01. The van der Waals surface area contributed by atoms with Crippen molar-refractivity contribution in [3.8, 4) is 0 Å². The fourth-order valence-electron chi connectivity index (χ4n) is 1.01. The molecule has 0 spiro atoms. The van der Waals surface area contributed by atoms with E-state index in [1.807, 2.05) is 20.8 Å². The minimum absolute atomic E-state index is 0.462. The van der Waals surface area contributed by atoms with Gasteiger partial charge in [0.2, 0.25) is 0 Å². The van der Waals surface area contributed by atoms with Crippen LogP contribution in [0.3, 0.4) is 0 Å². The van der Waals surface area contributed by atoms with Gasteiger partial charge >= 0.3 is 0 Å². The average molecular weight is 160 g/mol. The molecule has 0 aromatic carbocycles. The number of hydrogen-bond donors (Lipinski definition) is 2. The van der Waals surface area contributed by atoms with Crippen LogP contribution in [0.2, 0.25) is 0 Å². The van der Waals surface area contributed by atoms with Gasteiger partial charge in [-0.15, -0.1) is 0 Å². The molecule has 0 amide bonds. The monoisotopic (exact) mass is 160 g/mol. The van der Waals surface area contributed by atoms with Gasteiger partial charge in [-0.1, -0.05) is 13.8 Å². The van der Waals surface area contributed by atoms with Gasteiger partial charge in [-0.05, 0) is 19.8 Å². The molecule has 0 bridgehead atoms. The molecule has 0 aromatic heterocycles.